The van der Waals surface area contributed by atoms with E-state index < -0.39 is 0 Å². The summed E-state index contributed by atoms with van der Waals surface area (Å²) in [6.07, 6.45) is 9.36. The fourth-order valence-electron chi connectivity index (χ4n) is 2.41. The van der Waals surface area contributed by atoms with Crippen molar-refractivity contribution >= 4 is 11.7 Å². The van der Waals surface area contributed by atoms with Crippen LogP contribution < -0.4 is 5.32 Å². The second-order valence-electron chi connectivity index (χ2n) is 6.31. The van der Waals surface area contributed by atoms with E-state index in [9.17, 15) is 4.79 Å². The molecule has 2 saturated carbocycles. The SMILES string of the molecule is CCCNc1cnc(C(=O)N(CC2CC2)CC2CC2)cn1. The number of nitrogens with zero attached hydrogens (tertiary/aromatic N) is 3. The second kappa shape index (κ2) is 6.41. The van der Waals surface area contributed by atoms with E-state index in [1.54, 1.807) is 12.4 Å². The maximum atomic E-state index is 12.6. The normalized spacial score (nSPS) is 17.6. The van der Waals surface area contributed by atoms with Crippen LogP contribution in [-0.2, 0) is 0 Å². The Morgan fingerprint density at radius 3 is 2.33 bits per heavy atom. The van der Waals surface area contributed by atoms with Crippen LogP contribution >= 0.6 is 0 Å². The minimum atomic E-state index is 0.0448. The molecule has 2 fully saturated rings. The summed E-state index contributed by atoms with van der Waals surface area (Å²) in [4.78, 5) is 23.2. The highest BCUT2D eigenvalue weighted by molar-refractivity contribution is 5.92. The number of carbonyl (C=O) groups is 1. The molecule has 0 unspecified atom stereocenters. The topological polar surface area (TPSA) is 58.1 Å². The van der Waals surface area contributed by atoms with E-state index in [1.807, 2.05) is 4.90 Å². The fraction of sp³-hybridized carbons (Fsp3) is 0.688. The van der Waals surface area contributed by atoms with Crippen LogP contribution in [0.2, 0.25) is 0 Å². The Hall–Kier alpha value is -1.65. The molecule has 1 N–H and O–H groups in total. The summed E-state index contributed by atoms with van der Waals surface area (Å²) in [5.41, 5.74) is 0.471. The van der Waals surface area contributed by atoms with E-state index in [0.29, 0.717) is 17.5 Å². The van der Waals surface area contributed by atoms with Crippen molar-refractivity contribution in [2.24, 2.45) is 11.8 Å². The maximum absolute atomic E-state index is 12.6. The van der Waals surface area contributed by atoms with Crippen LogP contribution in [0.5, 0.6) is 0 Å². The standard InChI is InChI=1S/C16H24N4O/c1-2-7-17-15-9-18-14(8-19-15)16(21)20(10-12-3-4-12)11-13-5-6-13/h8-9,12-13H,2-7,10-11H2,1H3,(H,17,19). The molecule has 21 heavy (non-hydrogen) atoms. The van der Waals surface area contributed by atoms with Crippen LogP contribution in [0.25, 0.3) is 0 Å². The summed E-state index contributed by atoms with van der Waals surface area (Å²) in [5, 5.41) is 3.18. The number of hydrogen-bond acceptors (Lipinski definition) is 4. The van der Waals surface area contributed by atoms with Gasteiger partial charge in [0, 0.05) is 19.6 Å². The van der Waals surface area contributed by atoms with Crippen molar-refractivity contribution in [3.05, 3.63) is 18.1 Å². The molecule has 0 saturated heterocycles. The van der Waals surface area contributed by atoms with E-state index >= 15 is 0 Å². The van der Waals surface area contributed by atoms with Gasteiger partial charge in [-0.15, -0.1) is 0 Å². The molecular weight excluding hydrogens is 264 g/mol. The molecule has 0 bridgehead atoms. The molecule has 2 aliphatic rings. The third-order valence-corrected chi connectivity index (χ3v) is 4.07. The molecule has 0 radical (unpaired) electrons. The van der Waals surface area contributed by atoms with Crippen molar-refractivity contribution in [3.8, 4) is 0 Å². The zero-order chi connectivity index (χ0) is 14.7. The highest BCUT2D eigenvalue weighted by Gasteiger charge is 2.32. The second-order valence-corrected chi connectivity index (χ2v) is 6.31. The first-order valence-electron chi connectivity index (χ1n) is 8.11. The van der Waals surface area contributed by atoms with Crippen LogP contribution in [0.15, 0.2) is 12.4 Å². The van der Waals surface area contributed by atoms with Gasteiger partial charge in [0.05, 0.1) is 12.4 Å². The van der Waals surface area contributed by atoms with Crippen molar-refractivity contribution in [3.63, 3.8) is 0 Å². The average Bonchev–Trinajstić information content (AvgIpc) is 3.40. The number of amides is 1. The Balaban J connectivity index is 1.62. The van der Waals surface area contributed by atoms with E-state index in [2.05, 4.69) is 22.2 Å². The number of nitrogens with one attached hydrogen (secondary N) is 1. The first kappa shape index (κ1) is 14.3. The molecule has 114 valence electrons. The summed E-state index contributed by atoms with van der Waals surface area (Å²) >= 11 is 0. The van der Waals surface area contributed by atoms with Crippen molar-refractivity contribution < 1.29 is 4.79 Å². The minimum Gasteiger partial charge on any atom is -0.369 e. The number of rotatable bonds is 8. The Morgan fingerprint density at radius 2 is 1.86 bits per heavy atom. The Labute approximate surface area is 126 Å². The molecule has 0 aromatic carbocycles. The lowest BCUT2D eigenvalue weighted by atomic mass is 10.2. The van der Waals surface area contributed by atoms with Gasteiger partial charge in [0.1, 0.15) is 11.5 Å². The molecule has 2 aliphatic carbocycles. The number of aromatic nitrogens is 2. The van der Waals surface area contributed by atoms with Crippen molar-refractivity contribution in [1.29, 1.82) is 0 Å². The zero-order valence-corrected chi connectivity index (χ0v) is 12.7. The summed E-state index contributed by atoms with van der Waals surface area (Å²) in [6.45, 7) is 4.77. The van der Waals surface area contributed by atoms with Gasteiger partial charge >= 0.3 is 0 Å². The first-order chi connectivity index (χ1) is 10.3. The molecule has 5 nitrogen and oxygen atoms in total. The average molecular weight is 288 g/mol. The van der Waals surface area contributed by atoms with Gasteiger partial charge < -0.3 is 10.2 Å². The van der Waals surface area contributed by atoms with Crippen LogP contribution in [0, 0.1) is 11.8 Å². The molecule has 0 aliphatic heterocycles. The molecule has 0 atom stereocenters. The van der Waals surface area contributed by atoms with Gasteiger partial charge in [-0.3, -0.25) is 4.79 Å². The maximum Gasteiger partial charge on any atom is 0.274 e. The molecule has 0 spiro atoms. The monoisotopic (exact) mass is 288 g/mol. The third-order valence-electron chi connectivity index (χ3n) is 4.07. The van der Waals surface area contributed by atoms with Crippen LogP contribution in [0.4, 0.5) is 5.82 Å². The van der Waals surface area contributed by atoms with E-state index in [0.717, 1.165) is 31.9 Å². The highest BCUT2D eigenvalue weighted by atomic mass is 16.2. The van der Waals surface area contributed by atoms with Gasteiger partial charge in [0.25, 0.3) is 5.91 Å². The highest BCUT2D eigenvalue weighted by Crippen LogP contribution is 2.34. The molecule has 5 heteroatoms. The number of hydrogen-bond donors (Lipinski definition) is 1. The van der Waals surface area contributed by atoms with Gasteiger partial charge in [0.2, 0.25) is 0 Å². The lowest BCUT2D eigenvalue weighted by Gasteiger charge is -2.22. The predicted octanol–water partition coefficient (Wildman–Crippen LogP) is 2.56. The van der Waals surface area contributed by atoms with Gasteiger partial charge in [-0.25, -0.2) is 9.97 Å². The van der Waals surface area contributed by atoms with Gasteiger partial charge in [-0.05, 0) is 43.9 Å². The summed E-state index contributed by atoms with van der Waals surface area (Å²) in [5.74, 6) is 2.21. The summed E-state index contributed by atoms with van der Waals surface area (Å²) in [7, 11) is 0. The summed E-state index contributed by atoms with van der Waals surface area (Å²) < 4.78 is 0. The van der Waals surface area contributed by atoms with E-state index in [-0.39, 0.29) is 5.91 Å². The molecular formula is C16H24N4O. The molecule has 3 rings (SSSR count). The smallest absolute Gasteiger partial charge is 0.274 e. The lowest BCUT2D eigenvalue weighted by molar-refractivity contribution is 0.0733. The quantitative estimate of drug-likeness (QED) is 0.798. The van der Waals surface area contributed by atoms with Gasteiger partial charge in [0.15, 0.2) is 0 Å². The van der Waals surface area contributed by atoms with Crippen LogP contribution in [0.3, 0.4) is 0 Å². The minimum absolute atomic E-state index is 0.0448. The van der Waals surface area contributed by atoms with Crippen molar-refractivity contribution in [2.75, 3.05) is 25.0 Å². The van der Waals surface area contributed by atoms with E-state index in [4.69, 9.17) is 0 Å². The number of carbonyl (C=O) groups excluding carboxylic acids is 1. The van der Waals surface area contributed by atoms with Crippen LogP contribution in [-0.4, -0.2) is 40.4 Å². The van der Waals surface area contributed by atoms with E-state index in [1.165, 1.54) is 25.7 Å². The fourth-order valence-corrected chi connectivity index (χ4v) is 2.41. The molecule has 1 aromatic heterocycles. The third kappa shape index (κ3) is 4.16. The molecule has 1 heterocycles. The predicted molar refractivity (Wildman–Crippen MR) is 82.2 cm³/mol. The van der Waals surface area contributed by atoms with Gasteiger partial charge in [-0.2, -0.15) is 0 Å². The Kier molecular flexibility index (Phi) is 4.36. The van der Waals surface area contributed by atoms with Gasteiger partial charge in [-0.1, -0.05) is 6.92 Å². The number of anilines is 1. The Bertz CT molecular complexity index is 466. The van der Waals surface area contributed by atoms with Crippen molar-refractivity contribution in [1.82, 2.24) is 14.9 Å². The largest absolute Gasteiger partial charge is 0.369 e. The van der Waals surface area contributed by atoms with Crippen LogP contribution in [0.1, 0.15) is 49.5 Å². The zero-order valence-electron chi connectivity index (χ0n) is 12.7. The lowest BCUT2D eigenvalue weighted by Crippen LogP contribution is -2.35. The Morgan fingerprint density at radius 1 is 1.19 bits per heavy atom. The molecule has 1 aromatic rings. The summed E-state index contributed by atoms with van der Waals surface area (Å²) in [6, 6.07) is 0. The first-order valence-corrected chi connectivity index (χ1v) is 8.11. The molecule has 1 amide bonds. The van der Waals surface area contributed by atoms with Crippen molar-refractivity contribution in [2.45, 2.75) is 39.0 Å².